The van der Waals surface area contributed by atoms with Gasteiger partial charge in [0, 0.05) is 6.42 Å². The smallest absolute Gasteiger partial charge is 0.311 e. The number of rotatable bonds is 11. The third-order valence-corrected chi connectivity index (χ3v) is 3.59. The number of hydrogen-bond acceptors (Lipinski definition) is 4. The standard InChI is InChI=1S/C18H27NO4/c1-3-22-17(20)11-14-19(15-12-18(21)23-4-2)13-10-16-8-6-5-7-9-16/h5-9H,3-4,10-15H2,1-2H3/p+1. The van der Waals surface area contributed by atoms with Gasteiger partial charge in [-0.2, -0.15) is 0 Å². The minimum atomic E-state index is -0.180. The minimum absolute atomic E-state index is 0.180. The van der Waals surface area contributed by atoms with Crippen molar-refractivity contribution in [1.29, 1.82) is 0 Å². The maximum atomic E-state index is 11.5. The van der Waals surface area contributed by atoms with Gasteiger partial charge in [-0.25, -0.2) is 0 Å². The summed E-state index contributed by atoms with van der Waals surface area (Å²) >= 11 is 0. The van der Waals surface area contributed by atoms with Crippen molar-refractivity contribution >= 4 is 11.9 Å². The number of nitrogens with one attached hydrogen (secondary N) is 1. The van der Waals surface area contributed by atoms with Crippen LogP contribution in [0.4, 0.5) is 0 Å². The highest BCUT2D eigenvalue weighted by Crippen LogP contribution is 1.97. The molecule has 0 aliphatic rings. The Balaban J connectivity index is 2.46. The molecule has 0 atom stereocenters. The molecule has 0 heterocycles. The molecular weight excluding hydrogens is 294 g/mol. The highest BCUT2D eigenvalue weighted by atomic mass is 16.5. The largest absolute Gasteiger partial charge is 0.466 e. The average molecular weight is 322 g/mol. The lowest BCUT2D eigenvalue weighted by atomic mass is 10.1. The molecule has 1 rings (SSSR count). The van der Waals surface area contributed by atoms with Crippen LogP contribution in [-0.4, -0.2) is 44.8 Å². The molecule has 0 bridgehead atoms. The van der Waals surface area contributed by atoms with Gasteiger partial charge in [0.1, 0.15) is 0 Å². The van der Waals surface area contributed by atoms with E-state index >= 15 is 0 Å². The van der Waals surface area contributed by atoms with E-state index in [1.807, 2.05) is 18.2 Å². The van der Waals surface area contributed by atoms with Crippen LogP contribution in [0.15, 0.2) is 30.3 Å². The minimum Gasteiger partial charge on any atom is -0.466 e. The molecule has 0 aliphatic heterocycles. The molecule has 1 aromatic carbocycles. The van der Waals surface area contributed by atoms with Crippen molar-refractivity contribution < 1.29 is 24.0 Å². The van der Waals surface area contributed by atoms with Crippen LogP contribution in [0.2, 0.25) is 0 Å². The monoisotopic (exact) mass is 322 g/mol. The first-order valence-corrected chi connectivity index (χ1v) is 8.34. The molecule has 128 valence electrons. The second kappa shape index (κ2) is 11.7. The lowest BCUT2D eigenvalue weighted by molar-refractivity contribution is -0.898. The van der Waals surface area contributed by atoms with Crippen LogP contribution >= 0.6 is 0 Å². The molecule has 0 unspecified atom stereocenters. The van der Waals surface area contributed by atoms with Crippen molar-refractivity contribution in [3.63, 3.8) is 0 Å². The third-order valence-electron chi connectivity index (χ3n) is 3.59. The molecule has 0 fully saturated rings. The molecule has 1 N–H and O–H groups in total. The van der Waals surface area contributed by atoms with Crippen molar-refractivity contribution in [2.24, 2.45) is 0 Å². The van der Waals surface area contributed by atoms with Crippen LogP contribution in [-0.2, 0) is 25.5 Å². The van der Waals surface area contributed by atoms with Gasteiger partial charge in [0.25, 0.3) is 0 Å². The first-order valence-electron chi connectivity index (χ1n) is 8.34. The highest BCUT2D eigenvalue weighted by molar-refractivity contribution is 5.69. The summed E-state index contributed by atoms with van der Waals surface area (Å²) in [6.07, 6.45) is 1.67. The van der Waals surface area contributed by atoms with Crippen LogP contribution in [0.1, 0.15) is 32.3 Å². The van der Waals surface area contributed by atoms with Crippen molar-refractivity contribution in [3.05, 3.63) is 35.9 Å². The Hall–Kier alpha value is -1.88. The van der Waals surface area contributed by atoms with Crippen LogP contribution in [0, 0.1) is 0 Å². The Morgan fingerprint density at radius 1 is 0.870 bits per heavy atom. The topological polar surface area (TPSA) is 57.0 Å². The predicted molar refractivity (Wildman–Crippen MR) is 88.2 cm³/mol. The Morgan fingerprint density at radius 3 is 1.87 bits per heavy atom. The first kappa shape index (κ1) is 19.2. The van der Waals surface area contributed by atoms with Crippen LogP contribution in [0.5, 0.6) is 0 Å². The van der Waals surface area contributed by atoms with E-state index in [0.717, 1.165) is 13.0 Å². The number of hydrogen-bond donors (Lipinski definition) is 1. The Kier molecular flexibility index (Phi) is 9.71. The second-order valence-electron chi connectivity index (χ2n) is 5.35. The van der Waals surface area contributed by atoms with Gasteiger partial charge in [0.2, 0.25) is 0 Å². The molecule has 0 saturated heterocycles. The first-order chi connectivity index (χ1) is 11.2. The van der Waals surface area contributed by atoms with Crippen LogP contribution in [0.25, 0.3) is 0 Å². The zero-order chi connectivity index (χ0) is 16.9. The predicted octanol–water partition coefficient (Wildman–Crippen LogP) is 1.02. The fraction of sp³-hybridized carbons (Fsp3) is 0.556. The van der Waals surface area contributed by atoms with E-state index in [9.17, 15) is 9.59 Å². The van der Waals surface area contributed by atoms with Crippen LogP contribution < -0.4 is 4.90 Å². The van der Waals surface area contributed by atoms with Crippen LogP contribution in [0.3, 0.4) is 0 Å². The Labute approximate surface area is 138 Å². The van der Waals surface area contributed by atoms with Gasteiger partial charge < -0.3 is 14.4 Å². The van der Waals surface area contributed by atoms with Gasteiger partial charge >= 0.3 is 11.9 Å². The molecule has 1 aromatic rings. The Morgan fingerprint density at radius 2 is 1.39 bits per heavy atom. The number of quaternary nitrogens is 1. The number of ether oxygens (including phenoxy) is 2. The molecule has 0 aromatic heterocycles. The zero-order valence-corrected chi connectivity index (χ0v) is 14.2. The second-order valence-corrected chi connectivity index (χ2v) is 5.35. The lowest BCUT2D eigenvalue weighted by Crippen LogP contribution is -3.12. The summed E-state index contributed by atoms with van der Waals surface area (Å²) in [5.41, 5.74) is 1.26. The average Bonchev–Trinajstić information content (AvgIpc) is 2.55. The molecule has 0 spiro atoms. The Bertz CT molecular complexity index is 439. The van der Waals surface area contributed by atoms with E-state index in [1.165, 1.54) is 10.5 Å². The van der Waals surface area contributed by atoms with E-state index in [2.05, 4.69) is 12.1 Å². The van der Waals surface area contributed by atoms with Crippen molar-refractivity contribution in [2.45, 2.75) is 33.1 Å². The molecule has 23 heavy (non-hydrogen) atoms. The number of esters is 2. The summed E-state index contributed by atoms with van der Waals surface area (Å²) < 4.78 is 9.95. The van der Waals surface area contributed by atoms with E-state index in [4.69, 9.17) is 9.47 Å². The van der Waals surface area contributed by atoms with Crippen molar-refractivity contribution in [1.82, 2.24) is 0 Å². The quantitative estimate of drug-likeness (QED) is 0.618. The van der Waals surface area contributed by atoms with Crippen molar-refractivity contribution in [3.8, 4) is 0 Å². The van der Waals surface area contributed by atoms with Gasteiger partial charge in [-0.3, -0.25) is 9.59 Å². The molecule has 5 heteroatoms. The summed E-state index contributed by atoms with van der Waals surface area (Å²) in [6.45, 7) is 6.64. The van der Waals surface area contributed by atoms with Gasteiger partial charge in [-0.05, 0) is 19.4 Å². The zero-order valence-electron chi connectivity index (χ0n) is 14.2. The summed E-state index contributed by atoms with van der Waals surface area (Å²) in [6, 6.07) is 10.2. The fourth-order valence-corrected chi connectivity index (χ4v) is 2.36. The molecule has 5 nitrogen and oxygen atoms in total. The molecule has 0 saturated carbocycles. The molecular formula is C18H28NO4+. The maximum absolute atomic E-state index is 11.5. The van der Waals surface area contributed by atoms with E-state index in [-0.39, 0.29) is 11.9 Å². The third kappa shape index (κ3) is 8.98. The van der Waals surface area contributed by atoms with E-state index in [1.54, 1.807) is 13.8 Å². The normalized spacial score (nSPS) is 10.6. The van der Waals surface area contributed by atoms with Gasteiger partial charge in [0.15, 0.2) is 0 Å². The molecule has 0 aliphatic carbocycles. The highest BCUT2D eigenvalue weighted by Gasteiger charge is 2.15. The summed E-state index contributed by atoms with van der Waals surface area (Å²) in [5.74, 6) is -0.360. The number of carbonyl (C=O) groups excluding carboxylic acids is 2. The maximum Gasteiger partial charge on any atom is 0.311 e. The SMILES string of the molecule is CCOC(=O)CC[NH+](CCC(=O)OCC)CCc1ccccc1. The van der Waals surface area contributed by atoms with Gasteiger partial charge in [-0.1, -0.05) is 30.3 Å². The fourth-order valence-electron chi connectivity index (χ4n) is 2.36. The van der Waals surface area contributed by atoms with Gasteiger partial charge in [0.05, 0.1) is 45.7 Å². The summed E-state index contributed by atoms with van der Waals surface area (Å²) in [7, 11) is 0. The summed E-state index contributed by atoms with van der Waals surface area (Å²) in [4.78, 5) is 24.3. The summed E-state index contributed by atoms with van der Waals surface area (Å²) in [5, 5.41) is 0. The molecule has 0 radical (unpaired) electrons. The molecule has 0 amide bonds. The van der Waals surface area contributed by atoms with E-state index in [0.29, 0.717) is 39.1 Å². The number of benzene rings is 1. The van der Waals surface area contributed by atoms with E-state index < -0.39 is 0 Å². The lowest BCUT2D eigenvalue weighted by Gasteiger charge is -2.19. The number of carbonyl (C=O) groups is 2. The van der Waals surface area contributed by atoms with Gasteiger partial charge in [-0.15, -0.1) is 0 Å². The van der Waals surface area contributed by atoms with Crippen molar-refractivity contribution in [2.75, 3.05) is 32.8 Å².